The third kappa shape index (κ3) is 4.36. The topological polar surface area (TPSA) is 96.3 Å². The van der Waals surface area contributed by atoms with Crippen LogP contribution < -0.4 is 14.4 Å². The molecule has 0 aliphatic carbocycles. The lowest BCUT2D eigenvalue weighted by Crippen LogP contribution is -2.29. The molecule has 0 saturated carbocycles. The average Bonchev–Trinajstić information content (AvgIpc) is 3.15. The van der Waals surface area contributed by atoms with Crippen molar-refractivity contribution in [1.82, 2.24) is 0 Å². The number of aryl methyl sites for hydroxylation is 1. The molecule has 1 atom stereocenters. The number of methoxy groups -OCH3 is 2. The lowest BCUT2D eigenvalue weighted by Gasteiger charge is -2.26. The fourth-order valence-electron chi connectivity index (χ4n) is 4.19. The minimum atomic E-state index is -1.04. The van der Waals surface area contributed by atoms with E-state index >= 15 is 0 Å². The summed E-state index contributed by atoms with van der Waals surface area (Å²) in [6.07, 6.45) is 0.800. The van der Waals surface area contributed by atoms with Crippen molar-refractivity contribution in [1.29, 1.82) is 0 Å². The van der Waals surface area contributed by atoms with Crippen LogP contribution in [0.2, 0.25) is 10.0 Å². The number of carbonyl (C=O) groups excluding carboxylic acids is 2. The van der Waals surface area contributed by atoms with Crippen LogP contribution in [0, 0.1) is 0 Å². The zero-order valence-corrected chi connectivity index (χ0v) is 21.2. The maximum absolute atomic E-state index is 13.4. The van der Waals surface area contributed by atoms with Crippen LogP contribution in [0.15, 0.2) is 60.2 Å². The van der Waals surface area contributed by atoms with Crippen LogP contribution in [0.4, 0.5) is 5.69 Å². The van der Waals surface area contributed by atoms with Gasteiger partial charge in [-0.05, 0) is 47.9 Å². The number of aliphatic hydroxyl groups excluding tert-OH is 1. The van der Waals surface area contributed by atoms with E-state index in [1.807, 2.05) is 19.1 Å². The normalized spacial score (nSPS) is 16.9. The van der Waals surface area contributed by atoms with E-state index in [9.17, 15) is 19.8 Å². The van der Waals surface area contributed by atoms with Gasteiger partial charge >= 0.3 is 0 Å². The Bertz CT molecular complexity index is 1380. The van der Waals surface area contributed by atoms with E-state index < -0.39 is 23.5 Å². The molecule has 36 heavy (non-hydrogen) atoms. The highest BCUT2D eigenvalue weighted by atomic mass is 35.5. The van der Waals surface area contributed by atoms with Crippen molar-refractivity contribution in [2.24, 2.45) is 0 Å². The lowest BCUT2D eigenvalue weighted by molar-refractivity contribution is -0.132. The molecule has 0 bridgehead atoms. The minimum Gasteiger partial charge on any atom is -0.507 e. The Morgan fingerprint density at radius 3 is 2.19 bits per heavy atom. The number of hydrogen-bond acceptors (Lipinski definition) is 6. The zero-order chi connectivity index (χ0) is 26.1. The van der Waals surface area contributed by atoms with Gasteiger partial charge < -0.3 is 19.7 Å². The summed E-state index contributed by atoms with van der Waals surface area (Å²) >= 11 is 12.4. The van der Waals surface area contributed by atoms with Gasteiger partial charge in [-0.25, -0.2) is 0 Å². The van der Waals surface area contributed by atoms with E-state index in [1.54, 1.807) is 12.1 Å². The van der Waals surface area contributed by atoms with Crippen molar-refractivity contribution < 1.29 is 29.3 Å². The summed E-state index contributed by atoms with van der Waals surface area (Å²) in [6.45, 7) is 2.01. The quantitative estimate of drug-likeness (QED) is 0.235. The molecule has 4 rings (SSSR count). The first-order valence-electron chi connectivity index (χ1n) is 11.0. The number of benzene rings is 3. The highest BCUT2D eigenvalue weighted by Gasteiger charge is 2.47. The fourth-order valence-corrected chi connectivity index (χ4v) is 4.61. The molecule has 1 fully saturated rings. The van der Waals surface area contributed by atoms with Crippen molar-refractivity contribution in [3.8, 4) is 17.2 Å². The number of Topliss-reactive ketones (excluding diaryl/α,β-unsaturated/α-hetero) is 1. The van der Waals surface area contributed by atoms with Gasteiger partial charge in [0.05, 0.1) is 41.4 Å². The average molecular weight is 528 g/mol. The number of amides is 1. The number of anilines is 1. The molecule has 1 aliphatic heterocycles. The minimum absolute atomic E-state index is 0.0326. The van der Waals surface area contributed by atoms with E-state index in [4.69, 9.17) is 32.7 Å². The largest absolute Gasteiger partial charge is 0.507 e. The Balaban J connectivity index is 2.00. The SMILES string of the molecule is CCc1ccc(N2C(=O)C(=O)/C(=C(/O)c3cc(OC)c(Cl)cc3OC)C2c2ccc(O)c(Cl)c2)cc1. The van der Waals surface area contributed by atoms with Gasteiger partial charge in [0.25, 0.3) is 11.7 Å². The highest BCUT2D eigenvalue weighted by molar-refractivity contribution is 6.51. The summed E-state index contributed by atoms with van der Waals surface area (Å²) in [4.78, 5) is 28.0. The predicted octanol–water partition coefficient (Wildman–Crippen LogP) is 5.90. The second-order valence-corrected chi connectivity index (χ2v) is 8.90. The molecule has 186 valence electrons. The van der Waals surface area contributed by atoms with Gasteiger partial charge in [0.15, 0.2) is 0 Å². The van der Waals surface area contributed by atoms with Crippen molar-refractivity contribution in [2.75, 3.05) is 19.1 Å². The number of aliphatic hydroxyl groups is 1. The third-order valence-electron chi connectivity index (χ3n) is 6.08. The second kappa shape index (κ2) is 10.1. The van der Waals surface area contributed by atoms with Crippen molar-refractivity contribution in [3.05, 3.63) is 86.9 Å². The predicted molar refractivity (Wildman–Crippen MR) is 138 cm³/mol. The van der Waals surface area contributed by atoms with Gasteiger partial charge in [-0.3, -0.25) is 14.5 Å². The number of phenolic OH excluding ortho intramolecular Hbond substituents is 1. The number of rotatable bonds is 6. The van der Waals surface area contributed by atoms with Gasteiger partial charge in [-0.15, -0.1) is 0 Å². The van der Waals surface area contributed by atoms with Crippen LogP contribution in [-0.4, -0.2) is 36.1 Å². The van der Waals surface area contributed by atoms with Gasteiger partial charge in [0.2, 0.25) is 0 Å². The third-order valence-corrected chi connectivity index (χ3v) is 6.68. The molecule has 1 heterocycles. The second-order valence-electron chi connectivity index (χ2n) is 8.09. The fraction of sp³-hybridized carbons (Fsp3) is 0.185. The highest BCUT2D eigenvalue weighted by Crippen LogP contribution is 2.45. The Morgan fingerprint density at radius 1 is 0.944 bits per heavy atom. The van der Waals surface area contributed by atoms with Crippen LogP contribution in [0.25, 0.3) is 5.76 Å². The number of ether oxygens (including phenoxy) is 2. The standard InChI is InChI=1S/C27H23Cl2NO6/c1-4-14-5-8-16(9-6-14)30-24(15-7-10-20(31)18(28)11-15)23(26(33)27(30)34)25(32)17-12-22(36-3)19(29)13-21(17)35-2/h5-13,24,31-32H,4H2,1-3H3/b25-23+. The summed E-state index contributed by atoms with van der Waals surface area (Å²) in [5.41, 5.74) is 1.87. The van der Waals surface area contributed by atoms with E-state index in [2.05, 4.69) is 0 Å². The molecular weight excluding hydrogens is 505 g/mol. The first kappa shape index (κ1) is 25.4. The molecule has 2 N–H and O–H groups in total. The number of halogens is 2. The van der Waals surface area contributed by atoms with Gasteiger partial charge in [-0.1, -0.05) is 48.3 Å². The van der Waals surface area contributed by atoms with E-state index in [0.29, 0.717) is 11.3 Å². The van der Waals surface area contributed by atoms with Crippen LogP contribution in [-0.2, 0) is 16.0 Å². The van der Waals surface area contributed by atoms with Gasteiger partial charge in [-0.2, -0.15) is 0 Å². The summed E-state index contributed by atoms with van der Waals surface area (Å²) in [7, 11) is 2.80. The molecule has 1 amide bonds. The molecule has 0 spiro atoms. The molecular formula is C27H23Cl2NO6. The molecule has 3 aromatic rings. The molecule has 1 unspecified atom stereocenters. The summed E-state index contributed by atoms with van der Waals surface area (Å²) < 4.78 is 10.7. The van der Waals surface area contributed by atoms with Gasteiger partial charge in [0, 0.05) is 11.8 Å². The number of phenols is 1. The molecule has 0 radical (unpaired) electrons. The van der Waals surface area contributed by atoms with E-state index in [1.165, 1.54) is 49.5 Å². The maximum atomic E-state index is 13.4. The number of ketones is 1. The monoisotopic (exact) mass is 527 g/mol. The Labute approximate surface area is 218 Å². The van der Waals surface area contributed by atoms with Crippen LogP contribution in [0.3, 0.4) is 0 Å². The Morgan fingerprint density at radius 2 is 1.61 bits per heavy atom. The van der Waals surface area contributed by atoms with Crippen LogP contribution in [0.1, 0.15) is 29.7 Å². The smallest absolute Gasteiger partial charge is 0.300 e. The first-order valence-corrected chi connectivity index (χ1v) is 11.8. The van der Waals surface area contributed by atoms with E-state index in [-0.39, 0.29) is 38.4 Å². The van der Waals surface area contributed by atoms with Crippen LogP contribution in [0.5, 0.6) is 17.2 Å². The molecule has 3 aromatic carbocycles. The van der Waals surface area contributed by atoms with Crippen molar-refractivity contribution in [2.45, 2.75) is 19.4 Å². The lowest BCUT2D eigenvalue weighted by atomic mass is 9.94. The molecule has 9 heteroatoms. The van der Waals surface area contributed by atoms with Crippen molar-refractivity contribution >= 4 is 46.3 Å². The number of carbonyl (C=O) groups is 2. The Kier molecular flexibility index (Phi) is 7.15. The molecule has 7 nitrogen and oxygen atoms in total. The number of nitrogens with zero attached hydrogens (tertiary/aromatic N) is 1. The molecule has 1 aliphatic rings. The number of hydrogen-bond donors (Lipinski definition) is 2. The summed E-state index contributed by atoms with van der Waals surface area (Å²) in [5, 5.41) is 21.7. The summed E-state index contributed by atoms with van der Waals surface area (Å²) in [6, 6.07) is 13.4. The molecule has 1 saturated heterocycles. The first-order chi connectivity index (χ1) is 17.2. The zero-order valence-electron chi connectivity index (χ0n) is 19.7. The van der Waals surface area contributed by atoms with Crippen molar-refractivity contribution in [3.63, 3.8) is 0 Å². The van der Waals surface area contributed by atoms with E-state index in [0.717, 1.165) is 12.0 Å². The maximum Gasteiger partial charge on any atom is 0.300 e. The van der Waals surface area contributed by atoms with Gasteiger partial charge in [0.1, 0.15) is 23.0 Å². The Hall–Kier alpha value is -3.68. The summed E-state index contributed by atoms with van der Waals surface area (Å²) in [5.74, 6) is -1.92. The molecule has 0 aromatic heterocycles. The van der Waals surface area contributed by atoms with Crippen LogP contribution >= 0.6 is 23.2 Å². The number of aromatic hydroxyl groups is 1.